The molecule has 5 heteroatoms. The van der Waals surface area contributed by atoms with Crippen LogP contribution in [0.1, 0.15) is 26.2 Å². The number of nitrogens with one attached hydrogen (secondary N) is 1. The molecule has 1 heterocycles. The summed E-state index contributed by atoms with van der Waals surface area (Å²) in [4.78, 5) is 22.9. The van der Waals surface area contributed by atoms with Crippen LogP contribution in [-0.2, 0) is 16.1 Å². The number of fused-ring (bicyclic) bond motifs is 1. The number of aryl methyl sites for hydroxylation is 1. The molecular formula is C17H22N2O3. The Morgan fingerprint density at radius 1 is 1.27 bits per heavy atom. The number of hydrogen-bond donors (Lipinski definition) is 2. The minimum Gasteiger partial charge on any atom is -0.481 e. The van der Waals surface area contributed by atoms with E-state index in [1.54, 1.807) is 0 Å². The maximum atomic E-state index is 11.9. The summed E-state index contributed by atoms with van der Waals surface area (Å²) >= 11 is 0. The average Bonchev–Trinajstić information content (AvgIpc) is 2.92. The fraction of sp³-hybridized carbons (Fsp3) is 0.412. The maximum absolute atomic E-state index is 11.9. The number of nitrogens with zero attached hydrogens (tertiary/aromatic N) is 1. The first-order valence-electron chi connectivity index (χ1n) is 7.65. The van der Waals surface area contributed by atoms with E-state index in [1.807, 2.05) is 48.0 Å². The second-order valence-corrected chi connectivity index (χ2v) is 5.45. The SMILES string of the molecule is CCCC(CNC(=O)CCn1ccc2ccccc21)C(=O)O. The van der Waals surface area contributed by atoms with Gasteiger partial charge in [-0.1, -0.05) is 31.5 Å². The van der Waals surface area contributed by atoms with Gasteiger partial charge in [-0.25, -0.2) is 0 Å². The Hall–Kier alpha value is -2.30. The van der Waals surface area contributed by atoms with Gasteiger partial charge in [-0.2, -0.15) is 0 Å². The molecule has 0 aliphatic heterocycles. The molecule has 5 nitrogen and oxygen atoms in total. The van der Waals surface area contributed by atoms with Gasteiger partial charge >= 0.3 is 5.97 Å². The summed E-state index contributed by atoms with van der Waals surface area (Å²) in [6.07, 6.45) is 3.69. The van der Waals surface area contributed by atoms with E-state index >= 15 is 0 Å². The molecule has 0 saturated carbocycles. The maximum Gasteiger partial charge on any atom is 0.308 e. The second kappa shape index (κ2) is 7.64. The predicted molar refractivity (Wildman–Crippen MR) is 85.6 cm³/mol. The number of aliphatic carboxylic acids is 1. The smallest absolute Gasteiger partial charge is 0.308 e. The largest absolute Gasteiger partial charge is 0.481 e. The van der Waals surface area contributed by atoms with E-state index < -0.39 is 11.9 Å². The molecule has 0 saturated heterocycles. The molecule has 2 aromatic rings. The number of benzene rings is 1. The van der Waals surface area contributed by atoms with Crippen LogP contribution in [0, 0.1) is 5.92 Å². The number of carbonyl (C=O) groups excluding carboxylic acids is 1. The predicted octanol–water partition coefficient (Wildman–Crippen LogP) is 2.65. The quantitative estimate of drug-likeness (QED) is 0.787. The Morgan fingerprint density at radius 3 is 2.77 bits per heavy atom. The average molecular weight is 302 g/mol. The zero-order chi connectivity index (χ0) is 15.9. The van der Waals surface area contributed by atoms with E-state index in [1.165, 1.54) is 0 Å². The molecule has 0 aliphatic rings. The standard InChI is InChI=1S/C17H22N2O3/c1-2-5-14(17(21)22)12-18-16(20)9-11-19-10-8-13-6-3-4-7-15(13)19/h3-4,6-8,10,14H,2,5,9,11-12H2,1H3,(H,18,20)(H,21,22). The number of aromatic nitrogens is 1. The fourth-order valence-corrected chi connectivity index (χ4v) is 2.54. The second-order valence-electron chi connectivity index (χ2n) is 5.45. The van der Waals surface area contributed by atoms with Crippen molar-refractivity contribution in [3.05, 3.63) is 36.5 Å². The summed E-state index contributed by atoms with van der Waals surface area (Å²) in [6.45, 7) is 2.73. The van der Waals surface area contributed by atoms with Crippen LogP contribution in [0.25, 0.3) is 10.9 Å². The van der Waals surface area contributed by atoms with Crippen LogP contribution in [0.2, 0.25) is 0 Å². The molecule has 0 bridgehead atoms. The van der Waals surface area contributed by atoms with E-state index in [9.17, 15) is 9.59 Å². The lowest BCUT2D eigenvalue weighted by Gasteiger charge is -2.12. The van der Waals surface area contributed by atoms with Gasteiger partial charge in [0.25, 0.3) is 0 Å². The lowest BCUT2D eigenvalue weighted by Crippen LogP contribution is -2.33. The van der Waals surface area contributed by atoms with Crippen LogP contribution in [0.15, 0.2) is 36.5 Å². The van der Waals surface area contributed by atoms with Crippen molar-refractivity contribution in [3.63, 3.8) is 0 Å². The summed E-state index contributed by atoms with van der Waals surface area (Å²) in [7, 11) is 0. The Kier molecular flexibility index (Phi) is 5.58. The Morgan fingerprint density at radius 2 is 2.05 bits per heavy atom. The van der Waals surface area contributed by atoms with Crippen LogP contribution in [0.4, 0.5) is 0 Å². The molecule has 118 valence electrons. The molecule has 22 heavy (non-hydrogen) atoms. The molecule has 0 aliphatic carbocycles. The number of carbonyl (C=O) groups is 2. The Labute approximate surface area is 129 Å². The molecule has 1 aromatic carbocycles. The normalized spacial score (nSPS) is 12.2. The van der Waals surface area contributed by atoms with Crippen molar-refractivity contribution < 1.29 is 14.7 Å². The highest BCUT2D eigenvalue weighted by atomic mass is 16.4. The number of amides is 1. The lowest BCUT2D eigenvalue weighted by atomic mass is 10.0. The Balaban J connectivity index is 1.84. The van der Waals surface area contributed by atoms with Gasteiger partial charge in [-0.05, 0) is 23.9 Å². The van der Waals surface area contributed by atoms with Crippen LogP contribution in [0.3, 0.4) is 0 Å². The van der Waals surface area contributed by atoms with Crippen molar-refractivity contribution in [3.8, 4) is 0 Å². The van der Waals surface area contributed by atoms with Gasteiger partial charge in [0.05, 0.1) is 5.92 Å². The van der Waals surface area contributed by atoms with E-state index in [0.717, 1.165) is 17.3 Å². The van der Waals surface area contributed by atoms with Gasteiger partial charge in [0.2, 0.25) is 5.91 Å². The summed E-state index contributed by atoms with van der Waals surface area (Å²) in [6, 6.07) is 10.0. The lowest BCUT2D eigenvalue weighted by molar-refractivity contribution is -0.141. The van der Waals surface area contributed by atoms with Crippen LogP contribution < -0.4 is 5.32 Å². The molecular weight excluding hydrogens is 280 g/mol. The number of carboxylic acids is 1. The minimum absolute atomic E-state index is 0.111. The molecule has 1 atom stereocenters. The molecule has 0 radical (unpaired) electrons. The summed E-state index contributed by atoms with van der Waals surface area (Å²) in [5.74, 6) is -1.46. The van der Waals surface area contributed by atoms with E-state index in [4.69, 9.17) is 5.11 Å². The van der Waals surface area contributed by atoms with Crippen LogP contribution >= 0.6 is 0 Å². The van der Waals surface area contributed by atoms with Crippen molar-refractivity contribution in [1.29, 1.82) is 0 Å². The highest BCUT2D eigenvalue weighted by molar-refractivity contribution is 5.81. The van der Waals surface area contributed by atoms with E-state index in [-0.39, 0.29) is 12.5 Å². The van der Waals surface area contributed by atoms with Gasteiger partial charge in [0, 0.05) is 31.2 Å². The first kappa shape index (κ1) is 16.1. The fourth-order valence-electron chi connectivity index (χ4n) is 2.54. The van der Waals surface area contributed by atoms with Gasteiger partial charge in [0.15, 0.2) is 0 Å². The van der Waals surface area contributed by atoms with E-state index in [2.05, 4.69) is 5.32 Å². The van der Waals surface area contributed by atoms with Crippen molar-refractivity contribution >= 4 is 22.8 Å². The highest BCUT2D eigenvalue weighted by Gasteiger charge is 2.17. The van der Waals surface area contributed by atoms with Gasteiger partial charge in [-0.3, -0.25) is 9.59 Å². The topological polar surface area (TPSA) is 71.3 Å². The number of hydrogen-bond acceptors (Lipinski definition) is 2. The van der Waals surface area contributed by atoms with Crippen molar-refractivity contribution in [2.45, 2.75) is 32.7 Å². The number of para-hydroxylation sites is 1. The molecule has 1 aromatic heterocycles. The zero-order valence-corrected chi connectivity index (χ0v) is 12.8. The van der Waals surface area contributed by atoms with Gasteiger partial charge < -0.3 is 15.0 Å². The van der Waals surface area contributed by atoms with Crippen LogP contribution in [-0.4, -0.2) is 28.1 Å². The summed E-state index contributed by atoms with van der Waals surface area (Å²) in [5, 5.41) is 12.9. The number of rotatable bonds is 8. The molecule has 1 amide bonds. The Bertz CT molecular complexity index is 648. The third-order valence-corrected chi connectivity index (χ3v) is 3.79. The van der Waals surface area contributed by atoms with Crippen LogP contribution in [0.5, 0.6) is 0 Å². The third kappa shape index (κ3) is 4.10. The van der Waals surface area contributed by atoms with Crippen molar-refractivity contribution in [1.82, 2.24) is 9.88 Å². The minimum atomic E-state index is -0.849. The van der Waals surface area contributed by atoms with Gasteiger partial charge in [-0.15, -0.1) is 0 Å². The van der Waals surface area contributed by atoms with Crippen molar-refractivity contribution in [2.24, 2.45) is 5.92 Å². The van der Waals surface area contributed by atoms with Gasteiger partial charge in [0.1, 0.15) is 0 Å². The molecule has 0 fully saturated rings. The third-order valence-electron chi connectivity index (χ3n) is 3.79. The zero-order valence-electron chi connectivity index (χ0n) is 12.8. The number of carboxylic acid groups (broad SMARTS) is 1. The molecule has 0 spiro atoms. The highest BCUT2D eigenvalue weighted by Crippen LogP contribution is 2.15. The van der Waals surface area contributed by atoms with E-state index in [0.29, 0.717) is 19.4 Å². The molecule has 1 unspecified atom stereocenters. The molecule has 2 rings (SSSR count). The first-order valence-corrected chi connectivity index (χ1v) is 7.65. The molecule has 2 N–H and O–H groups in total. The summed E-state index contributed by atoms with van der Waals surface area (Å²) in [5.41, 5.74) is 1.10. The summed E-state index contributed by atoms with van der Waals surface area (Å²) < 4.78 is 2.04. The first-order chi connectivity index (χ1) is 10.6. The van der Waals surface area contributed by atoms with Crippen molar-refractivity contribution in [2.75, 3.05) is 6.54 Å². The monoisotopic (exact) mass is 302 g/mol.